The van der Waals surface area contributed by atoms with Crippen molar-refractivity contribution in [2.45, 2.75) is 5.54 Å². The SMILES string of the molecule is O=C(O)C1=C(Oc2ccc3cc(Br)ccc3c2)NNN1C(c1ccccc1)(c1ccccc1)c1ccccc1. The lowest BCUT2D eigenvalue weighted by atomic mass is 9.76. The predicted octanol–water partition coefficient (Wildman–Crippen LogP) is 6.55. The Labute approximate surface area is 234 Å². The average molecular weight is 578 g/mol. The minimum atomic E-state index is -1.14. The molecule has 0 fully saturated rings. The summed E-state index contributed by atoms with van der Waals surface area (Å²) in [6.07, 6.45) is 0. The van der Waals surface area contributed by atoms with E-state index in [2.05, 4.69) is 26.9 Å². The lowest BCUT2D eigenvalue weighted by Crippen LogP contribution is -2.54. The highest BCUT2D eigenvalue weighted by atomic mass is 79.9. The van der Waals surface area contributed by atoms with Crippen LogP contribution in [0.2, 0.25) is 0 Å². The van der Waals surface area contributed by atoms with Gasteiger partial charge >= 0.3 is 5.97 Å². The summed E-state index contributed by atoms with van der Waals surface area (Å²) in [6.45, 7) is 0. The van der Waals surface area contributed by atoms with E-state index >= 15 is 0 Å². The van der Waals surface area contributed by atoms with Crippen LogP contribution < -0.4 is 15.7 Å². The van der Waals surface area contributed by atoms with Crippen molar-refractivity contribution in [3.63, 3.8) is 0 Å². The van der Waals surface area contributed by atoms with Gasteiger partial charge in [0.05, 0.1) is 0 Å². The van der Waals surface area contributed by atoms with E-state index in [1.54, 1.807) is 5.01 Å². The van der Waals surface area contributed by atoms with Crippen molar-refractivity contribution in [1.82, 2.24) is 16.0 Å². The summed E-state index contributed by atoms with van der Waals surface area (Å²) in [7, 11) is 0. The van der Waals surface area contributed by atoms with Gasteiger partial charge in [0.15, 0.2) is 0 Å². The second kappa shape index (κ2) is 10.3. The maximum Gasteiger partial charge on any atom is 0.359 e. The second-order valence-corrected chi connectivity index (χ2v) is 10.0. The van der Waals surface area contributed by atoms with Gasteiger partial charge in [0, 0.05) is 4.47 Å². The van der Waals surface area contributed by atoms with Crippen molar-refractivity contribution in [3.05, 3.63) is 160 Å². The van der Waals surface area contributed by atoms with Crippen molar-refractivity contribution >= 4 is 32.7 Å². The molecular weight excluding hydrogens is 554 g/mol. The number of aliphatic carboxylic acids is 1. The molecule has 39 heavy (non-hydrogen) atoms. The Bertz CT molecular complexity index is 1580. The van der Waals surface area contributed by atoms with E-state index in [1.165, 1.54) is 0 Å². The monoisotopic (exact) mass is 577 g/mol. The zero-order valence-corrected chi connectivity index (χ0v) is 22.3. The number of hydrazine groups is 2. The number of benzene rings is 5. The average Bonchev–Trinajstić information content (AvgIpc) is 3.39. The Hall–Kier alpha value is -4.59. The van der Waals surface area contributed by atoms with Gasteiger partial charge in [-0.3, -0.25) is 10.4 Å². The van der Waals surface area contributed by atoms with Crippen molar-refractivity contribution in [3.8, 4) is 5.75 Å². The largest absolute Gasteiger partial charge is 0.476 e. The molecule has 0 amide bonds. The zero-order valence-electron chi connectivity index (χ0n) is 20.7. The van der Waals surface area contributed by atoms with Crippen LogP contribution in [0.15, 0.2) is 143 Å². The third kappa shape index (κ3) is 4.41. The maximum absolute atomic E-state index is 12.9. The minimum Gasteiger partial charge on any atom is -0.476 e. The number of carboxylic acids is 1. The summed E-state index contributed by atoms with van der Waals surface area (Å²) in [4.78, 5) is 12.9. The molecule has 6 nitrogen and oxygen atoms in total. The molecule has 1 aliphatic rings. The van der Waals surface area contributed by atoms with E-state index in [0.717, 1.165) is 31.9 Å². The molecule has 0 unspecified atom stereocenters. The van der Waals surface area contributed by atoms with Crippen LogP contribution in [0.25, 0.3) is 10.8 Å². The molecule has 0 spiro atoms. The van der Waals surface area contributed by atoms with Crippen LogP contribution in [0.1, 0.15) is 16.7 Å². The van der Waals surface area contributed by atoms with E-state index in [4.69, 9.17) is 4.74 Å². The van der Waals surface area contributed by atoms with Gasteiger partial charge in [-0.05, 0) is 51.7 Å². The molecule has 5 aromatic carbocycles. The highest BCUT2D eigenvalue weighted by Crippen LogP contribution is 2.44. The summed E-state index contributed by atoms with van der Waals surface area (Å²) >= 11 is 3.50. The predicted molar refractivity (Wildman–Crippen MR) is 154 cm³/mol. The van der Waals surface area contributed by atoms with E-state index in [-0.39, 0.29) is 11.6 Å². The lowest BCUT2D eigenvalue weighted by molar-refractivity contribution is -0.135. The number of halogens is 1. The highest BCUT2D eigenvalue weighted by Gasteiger charge is 2.49. The molecule has 1 aliphatic heterocycles. The fourth-order valence-electron chi connectivity index (χ4n) is 5.14. The summed E-state index contributed by atoms with van der Waals surface area (Å²) in [5.74, 6) is -0.537. The van der Waals surface area contributed by atoms with Gasteiger partial charge in [0.1, 0.15) is 11.3 Å². The van der Waals surface area contributed by atoms with Gasteiger partial charge in [-0.2, -0.15) is 0 Å². The third-order valence-corrected chi connectivity index (χ3v) is 7.32. The minimum absolute atomic E-state index is 0.0533. The second-order valence-electron chi connectivity index (χ2n) is 9.12. The molecule has 7 heteroatoms. The number of carbonyl (C=O) groups is 1. The standard InChI is InChI=1S/C32H24BrN3O3/c33-27-18-16-23-21-28(19-17-22(23)20-27)39-30-29(31(37)38)36(35-34-30)32(24-10-4-1-5-11-24,25-12-6-2-7-13-25)26-14-8-3-9-15-26/h1-21,34-35H,(H,37,38). The van der Waals surface area contributed by atoms with Gasteiger partial charge in [-0.25, -0.2) is 4.79 Å². The van der Waals surface area contributed by atoms with Crippen LogP contribution in [0.4, 0.5) is 0 Å². The van der Waals surface area contributed by atoms with E-state index in [0.29, 0.717) is 5.75 Å². The molecule has 0 aliphatic carbocycles. The number of rotatable bonds is 7. The number of carboxylic acid groups (broad SMARTS) is 1. The van der Waals surface area contributed by atoms with Crippen LogP contribution >= 0.6 is 15.9 Å². The Morgan fingerprint density at radius 2 is 1.23 bits per heavy atom. The maximum atomic E-state index is 12.9. The van der Waals surface area contributed by atoms with E-state index in [9.17, 15) is 9.90 Å². The molecule has 0 saturated heterocycles. The Morgan fingerprint density at radius 1 is 0.718 bits per heavy atom. The first-order valence-electron chi connectivity index (χ1n) is 12.4. The fourth-order valence-corrected chi connectivity index (χ4v) is 5.52. The normalized spacial score (nSPS) is 13.4. The summed E-state index contributed by atoms with van der Waals surface area (Å²) in [5, 5.41) is 14.2. The van der Waals surface area contributed by atoms with Gasteiger partial charge in [-0.15, -0.1) is 5.53 Å². The first-order valence-corrected chi connectivity index (χ1v) is 13.2. The van der Waals surface area contributed by atoms with E-state index < -0.39 is 11.5 Å². The van der Waals surface area contributed by atoms with Gasteiger partial charge < -0.3 is 9.84 Å². The Balaban J connectivity index is 1.54. The Morgan fingerprint density at radius 3 is 1.77 bits per heavy atom. The molecular formula is C32H24BrN3O3. The highest BCUT2D eigenvalue weighted by molar-refractivity contribution is 9.10. The zero-order chi connectivity index (χ0) is 26.8. The van der Waals surface area contributed by atoms with Crippen LogP contribution in [0, 0.1) is 0 Å². The topological polar surface area (TPSA) is 73.8 Å². The quantitative estimate of drug-likeness (QED) is 0.190. The summed E-state index contributed by atoms with van der Waals surface area (Å²) in [6, 6.07) is 41.2. The fraction of sp³-hybridized carbons (Fsp3) is 0.0312. The molecule has 0 aromatic heterocycles. The molecule has 1 heterocycles. The van der Waals surface area contributed by atoms with Crippen LogP contribution in [0.5, 0.6) is 5.75 Å². The molecule has 6 rings (SSSR count). The van der Waals surface area contributed by atoms with Gasteiger partial charge in [-0.1, -0.05) is 119 Å². The van der Waals surface area contributed by atoms with E-state index in [1.807, 2.05) is 127 Å². The number of hydrogen-bond acceptors (Lipinski definition) is 5. The molecule has 3 N–H and O–H groups in total. The summed E-state index contributed by atoms with van der Waals surface area (Å²) < 4.78 is 7.17. The van der Waals surface area contributed by atoms with Crippen LogP contribution in [-0.4, -0.2) is 16.1 Å². The van der Waals surface area contributed by atoms with Crippen molar-refractivity contribution in [1.29, 1.82) is 0 Å². The summed E-state index contributed by atoms with van der Waals surface area (Å²) in [5.41, 5.74) is 7.68. The lowest BCUT2D eigenvalue weighted by Gasteiger charge is -2.43. The molecule has 192 valence electrons. The molecule has 0 radical (unpaired) electrons. The first kappa shape index (κ1) is 24.7. The van der Waals surface area contributed by atoms with Crippen LogP contribution in [0.3, 0.4) is 0 Å². The Kier molecular flexibility index (Phi) is 6.52. The third-order valence-electron chi connectivity index (χ3n) is 6.83. The molecule has 0 bridgehead atoms. The number of hydrogen-bond donors (Lipinski definition) is 3. The number of ether oxygens (including phenoxy) is 1. The molecule has 0 atom stereocenters. The molecule has 0 saturated carbocycles. The van der Waals surface area contributed by atoms with Crippen LogP contribution in [-0.2, 0) is 10.3 Å². The number of nitrogens with zero attached hydrogens (tertiary/aromatic N) is 1. The smallest absolute Gasteiger partial charge is 0.359 e. The van der Waals surface area contributed by atoms with Crippen molar-refractivity contribution in [2.75, 3.05) is 0 Å². The molecule has 5 aromatic rings. The first-order chi connectivity index (χ1) is 19.1. The number of fused-ring (bicyclic) bond motifs is 1. The number of nitrogens with one attached hydrogen (secondary N) is 2. The van der Waals surface area contributed by atoms with Crippen molar-refractivity contribution < 1.29 is 14.6 Å². The van der Waals surface area contributed by atoms with Crippen molar-refractivity contribution in [2.24, 2.45) is 0 Å². The van der Waals surface area contributed by atoms with Gasteiger partial charge in [0.25, 0.3) is 0 Å². The van der Waals surface area contributed by atoms with Gasteiger partial charge in [0.2, 0.25) is 11.6 Å².